The summed E-state index contributed by atoms with van der Waals surface area (Å²) in [7, 11) is 0. The molecule has 7 nitrogen and oxygen atoms in total. The van der Waals surface area contributed by atoms with Crippen LogP contribution in [0.4, 0.5) is 0 Å². The maximum atomic E-state index is 12.2. The smallest absolute Gasteiger partial charge is 0.269 e. The van der Waals surface area contributed by atoms with Crippen LogP contribution in [0.3, 0.4) is 0 Å². The summed E-state index contributed by atoms with van der Waals surface area (Å²) in [5, 5.41) is 0. The zero-order chi connectivity index (χ0) is 18.4. The molecule has 3 rings (SSSR count). The van der Waals surface area contributed by atoms with Crippen LogP contribution < -0.4 is 15.6 Å². The Morgan fingerprint density at radius 1 is 0.962 bits per heavy atom. The maximum absolute atomic E-state index is 12.2. The molecule has 0 unspecified atom stereocenters. The van der Waals surface area contributed by atoms with Crippen LogP contribution in [0.15, 0.2) is 67.3 Å². The highest BCUT2D eigenvalue weighted by Crippen LogP contribution is 2.12. The highest BCUT2D eigenvalue weighted by Gasteiger charge is 2.09. The number of rotatable bonds is 5. The first-order valence-electron chi connectivity index (χ1n) is 8.09. The summed E-state index contributed by atoms with van der Waals surface area (Å²) in [5.41, 5.74) is 6.54. The number of nitrogens with one attached hydrogen (secondary N) is 2. The van der Waals surface area contributed by atoms with Gasteiger partial charge in [0.15, 0.2) is 0 Å². The average Bonchev–Trinajstić information content (AvgIpc) is 3.21. The molecule has 2 amide bonds. The molecule has 0 fully saturated rings. The first-order valence-corrected chi connectivity index (χ1v) is 8.09. The van der Waals surface area contributed by atoms with Crippen molar-refractivity contribution < 1.29 is 14.3 Å². The molecule has 3 aromatic rings. The van der Waals surface area contributed by atoms with Crippen molar-refractivity contribution in [1.82, 2.24) is 20.4 Å². The zero-order valence-corrected chi connectivity index (χ0v) is 14.2. The Kier molecular flexibility index (Phi) is 5.28. The summed E-state index contributed by atoms with van der Waals surface area (Å²) in [6.45, 7) is 2.44. The normalized spacial score (nSPS) is 10.2. The Morgan fingerprint density at radius 2 is 1.54 bits per heavy atom. The van der Waals surface area contributed by atoms with E-state index in [1.165, 1.54) is 0 Å². The van der Waals surface area contributed by atoms with Gasteiger partial charge in [0.1, 0.15) is 5.75 Å². The van der Waals surface area contributed by atoms with E-state index < -0.39 is 11.8 Å². The van der Waals surface area contributed by atoms with Gasteiger partial charge in [-0.15, -0.1) is 0 Å². The zero-order valence-electron chi connectivity index (χ0n) is 14.2. The van der Waals surface area contributed by atoms with Crippen LogP contribution in [0.5, 0.6) is 5.75 Å². The third-order valence-corrected chi connectivity index (χ3v) is 3.65. The number of nitrogens with zero attached hydrogens (tertiary/aromatic N) is 2. The predicted octanol–water partition coefficient (Wildman–Crippen LogP) is 2.35. The van der Waals surface area contributed by atoms with Crippen molar-refractivity contribution in [2.45, 2.75) is 6.92 Å². The lowest BCUT2D eigenvalue weighted by Crippen LogP contribution is -2.41. The summed E-state index contributed by atoms with van der Waals surface area (Å²) >= 11 is 0. The molecule has 0 aliphatic carbocycles. The van der Waals surface area contributed by atoms with E-state index in [9.17, 15) is 9.59 Å². The molecule has 0 aliphatic heterocycles. The Balaban J connectivity index is 1.57. The molecule has 0 saturated heterocycles. The number of benzene rings is 2. The van der Waals surface area contributed by atoms with Gasteiger partial charge in [0.05, 0.1) is 12.9 Å². The SMILES string of the molecule is CCOc1ccc(C(=O)NNC(=O)c2ccc(-n3ccnc3)cc2)cc1. The number of hydrogen-bond acceptors (Lipinski definition) is 4. The molecule has 7 heteroatoms. The van der Waals surface area contributed by atoms with Gasteiger partial charge in [0.25, 0.3) is 11.8 Å². The van der Waals surface area contributed by atoms with Crippen LogP contribution >= 0.6 is 0 Å². The van der Waals surface area contributed by atoms with Gasteiger partial charge in [0, 0.05) is 29.2 Å². The van der Waals surface area contributed by atoms with E-state index in [1.807, 2.05) is 17.7 Å². The van der Waals surface area contributed by atoms with Crippen molar-refractivity contribution in [3.63, 3.8) is 0 Å². The molecule has 0 saturated carbocycles. The number of carbonyl (C=O) groups is 2. The van der Waals surface area contributed by atoms with Gasteiger partial charge in [-0.25, -0.2) is 4.98 Å². The van der Waals surface area contributed by atoms with Crippen molar-refractivity contribution >= 4 is 11.8 Å². The van der Waals surface area contributed by atoms with Gasteiger partial charge < -0.3 is 9.30 Å². The number of ether oxygens (including phenoxy) is 1. The number of aromatic nitrogens is 2. The fraction of sp³-hybridized carbons (Fsp3) is 0.105. The fourth-order valence-electron chi connectivity index (χ4n) is 2.32. The molecular weight excluding hydrogens is 332 g/mol. The predicted molar refractivity (Wildman–Crippen MR) is 96.1 cm³/mol. The van der Waals surface area contributed by atoms with Gasteiger partial charge in [-0.3, -0.25) is 20.4 Å². The average molecular weight is 350 g/mol. The Morgan fingerprint density at radius 3 is 2.04 bits per heavy atom. The van der Waals surface area contributed by atoms with E-state index in [4.69, 9.17) is 4.74 Å². The van der Waals surface area contributed by atoms with Crippen molar-refractivity contribution in [3.05, 3.63) is 78.4 Å². The van der Waals surface area contributed by atoms with E-state index in [0.717, 1.165) is 5.69 Å². The van der Waals surface area contributed by atoms with Gasteiger partial charge in [-0.2, -0.15) is 0 Å². The second-order valence-corrected chi connectivity index (χ2v) is 5.38. The Labute approximate surface area is 150 Å². The number of carbonyl (C=O) groups excluding carboxylic acids is 2. The molecule has 2 N–H and O–H groups in total. The summed E-state index contributed by atoms with van der Waals surface area (Å²) < 4.78 is 7.15. The van der Waals surface area contributed by atoms with Crippen molar-refractivity contribution in [2.75, 3.05) is 6.61 Å². The molecule has 0 aliphatic rings. The largest absolute Gasteiger partial charge is 0.494 e. The maximum Gasteiger partial charge on any atom is 0.269 e. The van der Waals surface area contributed by atoms with Crippen molar-refractivity contribution in [1.29, 1.82) is 0 Å². The van der Waals surface area contributed by atoms with E-state index in [0.29, 0.717) is 23.5 Å². The molecular formula is C19H18N4O3. The molecule has 0 spiro atoms. The standard InChI is InChI=1S/C19H18N4O3/c1-2-26-17-9-5-15(6-10-17)19(25)22-21-18(24)14-3-7-16(8-4-14)23-12-11-20-13-23/h3-13H,2H2,1H3,(H,21,24)(H,22,25). The minimum absolute atomic E-state index is 0.401. The van der Waals surface area contributed by atoms with E-state index in [1.54, 1.807) is 61.1 Å². The van der Waals surface area contributed by atoms with E-state index in [-0.39, 0.29) is 0 Å². The molecule has 1 heterocycles. The molecule has 0 atom stereocenters. The van der Waals surface area contributed by atoms with Gasteiger partial charge in [-0.05, 0) is 55.5 Å². The molecule has 0 radical (unpaired) electrons. The molecule has 0 bridgehead atoms. The van der Waals surface area contributed by atoms with Crippen LogP contribution in [0.2, 0.25) is 0 Å². The fourth-order valence-corrected chi connectivity index (χ4v) is 2.32. The molecule has 1 aromatic heterocycles. The Bertz CT molecular complexity index is 872. The quantitative estimate of drug-likeness (QED) is 0.692. The van der Waals surface area contributed by atoms with Gasteiger partial charge >= 0.3 is 0 Å². The molecule has 26 heavy (non-hydrogen) atoms. The number of imidazole rings is 1. The van der Waals surface area contributed by atoms with Crippen molar-refractivity contribution in [3.8, 4) is 11.4 Å². The van der Waals surface area contributed by atoms with Crippen LogP contribution in [0.25, 0.3) is 5.69 Å². The first kappa shape index (κ1) is 17.2. The minimum atomic E-state index is -0.406. The number of hydrogen-bond donors (Lipinski definition) is 2. The minimum Gasteiger partial charge on any atom is -0.494 e. The second kappa shape index (κ2) is 7.98. The third kappa shape index (κ3) is 4.07. The van der Waals surface area contributed by atoms with Crippen LogP contribution in [-0.2, 0) is 0 Å². The second-order valence-electron chi connectivity index (χ2n) is 5.38. The first-order chi connectivity index (χ1) is 12.7. The molecule has 132 valence electrons. The lowest BCUT2D eigenvalue weighted by molar-refractivity contribution is 0.0846. The Hall–Kier alpha value is -3.61. The van der Waals surface area contributed by atoms with E-state index in [2.05, 4.69) is 15.8 Å². The van der Waals surface area contributed by atoms with E-state index >= 15 is 0 Å². The third-order valence-electron chi connectivity index (χ3n) is 3.65. The highest BCUT2D eigenvalue weighted by atomic mass is 16.5. The van der Waals surface area contributed by atoms with Gasteiger partial charge in [-0.1, -0.05) is 0 Å². The van der Waals surface area contributed by atoms with Crippen LogP contribution in [-0.4, -0.2) is 28.0 Å². The lowest BCUT2D eigenvalue weighted by atomic mass is 10.2. The monoisotopic (exact) mass is 350 g/mol. The van der Waals surface area contributed by atoms with Crippen molar-refractivity contribution in [2.24, 2.45) is 0 Å². The number of amides is 2. The van der Waals surface area contributed by atoms with Crippen LogP contribution in [0.1, 0.15) is 27.6 Å². The topological polar surface area (TPSA) is 85.3 Å². The summed E-state index contributed by atoms with van der Waals surface area (Å²) in [6.07, 6.45) is 5.16. The summed E-state index contributed by atoms with van der Waals surface area (Å²) in [4.78, 5) is 28.2. The van der Waals surface area contributed by atoms with Gasteiger partial charge in [0.2, 0.25) is 0 Å². The highest BCUT2D eigenvalue weighted by molar-refractivity contribution is 5.99. The lowest BCUT2D eigenvalue weighted by Gasteiger charge is -2.09. The number of hydrazine groups is 1. The van der Waals surface area contributed by atoms with Crippen LogP contribution in [0, 0.1) is 0 Å². The molecule has 2 aromatic carbocycles. The summed E-state index contributed by atoms with van der Waals surface area (Å²) in [5.74, 6) is -0.121. The summed E-state index contributed by atoms with van der Waals surface area (Å²) in [6, 6.07) is 13.6.